The standard InChI is InChI=1S/C16H26N2/c1-3-16-10-9-13(2)18(16)11-5-7-14-6-4-8-15(17)12-14/h4,6,8,12-13,16H,3,5,7,9-11,17H2,1-2H3. The van der Waals surface area contributed by atoms with Crippen LogP contribution < -0.4 is 5.73 Å². The van der Waals surface area contributed by atoms with E-state index in [4.69, 9.17) is 5.73 Å². The molecular weight excluding hydrogens is 220 g/mol. The zero-order valence-corrected chi connectivity index (χ0v) is 11.7. The highest BCUT2D eigenvalue weighted by atomic mass is 15.2. The summed E-state index contributed by atoms with van der Waals surface area (Å²) < 4.78 is 0. The van der Waals surface area contributed by atoms with Crippen molar-refractivity contribution in [2.45, 2.75) is 58.0 Å². The lowest BCUT2D eigenvalue weighted by Gasteiger charge is -2.27. The summed E-state index contributed by atoms with van der Waals surface area (Å²) in [4.78, 5) is 2.70. The first-order chi connectivity index (χ1) is 8.70. The Hall–Kier alpha value is -1.02. The number of hydrogen-bond acceptors (Lipinski definition) is 2. The van der Waals surface area contributed by atoms with Gasteiger partial charge in [-0.25, -0.2) is 0 Å². The van der Waals surface area contributed by atoms with Gasteiger partial charge in [-0.15, -0.1) is 0 Å². The van der Waals surface area contributed by atoms with Crippen molar-refractivity contribution in [2.24, 2.45) is 0 Å². The van der Waals surface area contributed by atoms with Crippen molar-refractivity contribution in [3.05, 3.63) is 29.8 Å². The molecule has 18 heavy (non-hydrogen) atoms. The maximum atomic E-state index is 5.81. The van der Waals surface area contributed by atoms with Gasteiger partial charge in [-0.1, -0.05) is 19.1 Å². The van der Waals surface area contributed by atoms with Crippen molar-refractivity contribution >= 4 is 5.69 Å². The van der Waals surface area contributed by atoms with Gasteiger partial charge in [-0.2, -0.15) is 0 Å². The normalized spacial score (nSPS) is 24.6. The molecule has 0 radical (unpaired) electrons. The summed E-state index contributed by atoms with van der Waals surface area (Å²) in [6.07, 6.45) is 6.43. The van der Waals surface area contributed by atoms with E-state index in [9.17, 15) is 0 Å². The molecule has 1 fully saturated rings. The molecule has 0 spiro atoms. The second-order valence-corrected chi connectivity index (χ2v) is 5.57. The molecular formula is C16H26N2. The fourth-order valence-electron chi connectivity index (χ4n) is 3.18. The predicted octanol–water partition coefficient (Wildman–Crippen LogP) is 3.46. The van der Waals surface area contributed by atoms with Crippen LogP contribution in [0.1, 0.15) is 45.1 Å². The first-order valence-electron chi connectivity index (χ1n) is 7.31. The molecule has 2 N–H and O–H groups in total. The molecule has 1 aliphatic heterocycles. The third kappa shape index (κ3) is 3.26. The van der Waals surface area contributed by atoms with Gasteiger partial charge >= 0.3 is 0 Å². The number of hydrogen-bond donors (Lipinski definition) is 1. The molecule has 100 valence electrons. The Bertz CT molecular complexity index is 375. The van der Waals surface area contributed by atoms with E-state index < -0.39 is 0 Å². The average molecular weight is 246 g/mol. The lowest BCUT2D eigenvalue weighted by atomic mass is 10.1. The topological polar surface area (TPSA) is 29.3 Å². The number of benzene rings is 1. The monoisotopic (exact) mass is 246 g/mol. The summed E-state index contributed by atoms with van der Waals surface area (Å²) in [5, 5.41) is 0. The fourth-order valence-corrected chi connectivity index (χ4v) is 3.18. The second kappa shape index (κ2) is 6.24. The Kier molecular flexibility index (Phi) is 4.65. The van der Waals surface area contributed by atoms with E-state index in [-0.39, 0.29) is 0 Å². The summed E-state index contributed by atoms with van der Waals surface area (Å²) in [6.45, 7) is 5.91. The van der Waals surface area contributed by atoms with Gasteiger partial charge in [0, 0.05) is 17.8 Å². The van der Waals surface area contributed by atoms with Crippen LogP contribution in [0.3, 0.4) is 0 Å². The minimum absolute atomic E-state index is 0.774. The van der Waals surface area contributed by atoms with E-state index in [2.05, 4.69) is 36.9 Å². The summed E-state index contributed by atoms with van der Waals surface area (Å²) in [7, 11) is 0. The minimum Gasteiger partial charge on any atom is -0.399 e. The quantitative estimate of drug-likeness (QED) is 0.806. The van der Waals surface area contributed by atoms with Gasteiger partial charge in [-0.3, -0.25) is 4.90 Å². The molecule has 1 aliphatic rings. The Labute approximate surface area is 111 Å². The van der Waals surface area contributed by atoms with Crippen LogP contribution in [0.2, 0.25) is 0 Å². The molecule has 1 heterocycles. The number of rotatable bonds is 5. The fraction of sp³-hybridized carbons (Fsp3) is 0.625. The van der Waals surface area contributed by atoms with E-state index in [0.29, 0.717) is 0 Å². The van der Waals surface area contributed by atoms with Crippen LogP contribution in [-0.2, 0) is 6.42 Å². The molecule has 0 aromatic heterocycles. The molecule has 1 aromatic rings. The molecule has 2 rings (SSSR count). The zero-order valence-electron chi connectivity index (χ0n) is 11.7. The van der Waals surface area contributed by atoms with Crippen LogP contribution in [0.25, 0.3) is 0 Å². The Morgan fingerprint density at radius 1 is 1.33 bits per heavy atom. The number of aryl methyl sites for hydroxylation is 1. The molecule has 0 bridgehead atoms. The summed E-state index contributed by atoms with van der Waals surface area (Å²) in [5.74, 6) is 0. The number of likely N-dealkylation sites (tertiary alicyclic amines) is 1. The van der Waals surface area contributed by atoms with Crippen molar-refractivity contribution in [2.75, 3.05) is 12.3 Å². The molecule has 0 saturated carbocycles. The van der Waals surface area contributed by atoms with Gasteiger partial charge in [0.15, 0.2) is 0 Å². The molecule has 2 nitrogen and oxygen atoms in total. The highest BCUT2D eigenvalue weighted by molar-refractivity contribution is 5.40. The zero-order chi connectivity index (χ0) is 13.0. The molecule has 0 aliphatic carbocycles. The van der Waals surface area contributed by atoms with Crippen molar-refractivity contribution in [1.29, 1.82) is 0 Å². The van der Waals surface area contributed by atoms with Crippen molar-refractivity contribution in [3.8, 4) is 0 Å². The van der Waals surface area contributed by atoms with E-state index in [1.54, 1.807) is 0 Å². The SMILES string of the molecule is CCC1CCC(C)N1CCCc1cccc(N)c1. The molecule has 2 heteroatoms. The van der Waals surface area contributed by atoms with E-state index in [1.165, 1.54) is 37.8 Å². The van der Waals surface area contributed by atoms with Crippen molar-refractivity contribution in [1.82, 2.24) is 4.90 Å². The van der Waals surface area contributed by atoms with Crippen molar-refractivity contribution < 1.29 is 0 Å². The molecule has 2 atom stereocenters. The van der Waals surface area contributed by atoms with Crippen LogP contribution in [0.5, 0.6) is 0 Å². The maximum absolute atomic E-state index is 5.81. The molecule has 1 saturated heterocycles. The van der Waals surface area contributed by atoms with Gasteiger partial charge < -0.3 is 5.73 Å². The van der Waals surface area contributed by atoms with Gasteiger partial charge in [0.05, 0.1) is 0 Å². The largest absolute Gasteiger partial charge is 0.399 e. The van der Waals surface area contributed by atoms with E-state index in [0.717, 1.165) is 24.2 Å². The summed E-state index contributed by atoms with van der Waals surface area (Å²) >= 11 is 0. The number of nitrogens with zero attached hydrogens (tertiary/aromatic N) is 1. The first kappa shape index (κ1) is 13.4. The van der Waals surface area contributed by atoms with Crippen LogP contribution in [0.4, 0.5) is 5.69 Å². The number of nitrogens with two attached hydrogens (primary N) is 1. The van der Waals surface area contributed by atoms with Gasteiger partial charge in [0.2, 0.25) is 0 Å². The van der Waals surface area contributed by atoms with Crippen LogP contribution in [-0.4, -0.2) is 23.5 Å². The van der Waals surface area contributed by atoms with Crippen LogP contribution in [0, 0.1) is 0 Å². The average Bonchev–Trinajstić information content (AvgIpc) is 2.71. The molecule has 2 unspecified atom stereocenters. The first-order valence-corrected chi connectivity index (χ1v) is 7.31. The smallest absolute Gasteiger partial charge is 0.0316 e. The second-order valence-electron chi connectivity index (χ2n) is 5.57. The van der Waals surface area contributed by atoms with E-state index in [1.807, 2.05) is 6.07 Å². The lowest BCUT2D eigenvalue weighted by Crippen LogP contribution is -2.35. The van der Waals surface area contributed by atoms with Gasteiger partial charge in [-0.05, 0) is 63.3 Å². The number of nitrogen functional groups attached to an aromatic ring is 1. The van der Waals surface area contributed by atoms with Gasteiger partial charge in [0.1, 0.15) is 0 Å². The van der Waals surface area contributed by atoms with Crippen LogP contribution >= 0.6 is 0 Å². The van der Waals surface area contributed by atoms with Gasteiger partial charge in [0.25, 0.3) is 0 Å². The minimum atomic E-state index is 0.774. The summed E-state index contributed by atoms with van der Waals surface area (Å²) in [6, 6.07) is 9.89. The summed E-state index contributed by atoms with van der Waals surface area (Å²) in [5.41, 5.74) is 8.06. The number of anilines is 1. The predicted molar refractivity (Wildman–Crippen MR) is 78.7 cm³/mol. The van der Waals surface area contributed by atoms with E-state index >= 15 is 0 Å². The Morgan fingerprint density at radius 2 is 2.17 bits per heavy atom. The highest BCUT2D eigenvalue weighted by Gasteiger charge is 2.28. The van der Waals surface area contributed by atoms with Crippen molar-refractivity contribution in [3.63, 3.8) is 0 Å². The molecule has 0 amide bonds. The molecule has 1 aromatic carbocycles. The van der Waals surface area contributed by atoms with Crippen LogP contribution in [0.15, 0.2) is 24.3 Å². The lowest BCUT2D eigenvalue weighted by molar-refractivity contribution is 0.196. The maximum Gasteiger partial charge on any atom is 0.0316 e. The Balaban J connectivity index is 1.81. The third-order valence-electron chi connectivity index (χ3n) is 4.26. The highest BCUT2D eigenvalue weighted by Crippen LogP contribution is 2.26. The Morgan fingerprint density at radius 3 is 2.89 bits per heavy atom. The third-order valence-corrected chi connectivity index (χ3v) is 4.26.